The number of rotatable bonds is 2. The summed E-state index contributed by atoms with van der Waals surface area (Å²) in [7, 11) is 0. The number of amides is 1. The molecule has 1 saturated heterocycles. The van der Waals surface area contributed by atoms with Gasteiger partial charge < -0.3 is 10.6 Å². The van der Waals surface area contributed by atoms with Gasteiger partial charge in [0, 0.05) is 12.6 Å². The smallest absolute Gasteiger partial charge is 0.254 e. The number of carbonyl (C=O) groups is 1. The van der Waals surface area contributed by atoms with Gasteiger partial charge in [0.1, 0.15) is 5.82 Å². The van der Waals surface area contributed by atoms with Crippen LogP contribution in [0.1, 0.15) is 28.8 Å². The lowest BCUT2D eigenvalue weighted by molar-refractivity contribution is 0.0926. The molecule has 1 aromatic carbocycles. The molecule has 0 aliphatic carbocycles. The third-order valence-electron chi connectivity index (χ3n) is 3.07. The second kappa shape index (κ2) is 6.71. The van der Waals surface area contributed by atoms with Crippen LogP contribution < -0.4 is 10.6 Å². The zero-order chi connectivity index (χ0) is 12.3. The molecule has 3 nitrogen and oxygen atoms in total. The van der Waals surface area contributed by atoms with Crippen LogP contribution in [-0.4, -0.2) is 25.0 Å². The first-order valence-electron chi connectivity index (χ1n) is 5.95. The molecule has 2 N–H and O–H groups in total. The molecule has 1 aliphatic rings. The molecule has 0 aromatic heterocycles. The van der Waals surface area contributed by atoms with Crippen molar-refractivity contribution in [2.75, 3.05) is 13.1 Å². The van der Waals surface area contributed by atoms with Gasteiger partial charge in [0.15, 0.2) is 0 Å². The molecule has 1 fully saturated rings. The van der Waals surface area contributed by atoms with Crippen LogP contribution in [0, 0.1) is 12.7 Å². The highest BCUT2D eigenvalue weighted by Gasteiger charge is 2.18. The van der Waals surface area contributed by atoms with Gasteiger partial charge >= 0.3 is 0 Å². The van der Waals surface area contributed by atoms with E-state index in [0.29, 0.717) is 5.56 Å². The maximum Gasteiger partial charge on any atom is 0.254 e. The van der Waals surface area contributed by atoms with Crippen molar-refractivity contribution in [3.8, 4) is 0 Å². The van der Waals surface area contributed by atoms with Gasteiger partial charge in [-0.1, -0.05) is 12.1 Å². The van der Waals surface area contributed by atoms with Crippen LogP contribution in [0.15, 0.2) is 18.2 Å². The molecule has 0 radical (unpaired) electrons. The summed E-state index contributed by atoms with van der Waals surface area (Å²) < 4.78 is 13.7. The summed E-state index contributed by atoms with van der Waals surface area (Å²) in [5, 5.41) is 6.07. The van der Waals surface area contributed by atoms with Gasteiger partial charge in [0.05, 0.1) is 5.56 Å². The molecule has 0 unspecified atom stereocenters. The van der Waals surface area contributed by atoms with Crippen LogP contribution in [0.3, 0.4) is 0 Å². The molecule has 18 heavy (non-hydrogen) atoms. The van der Waals surface area contributed by atoms with Gasteiger partial charge in [-0.05, 0) is 37.9 Å². The van der Waals surface area contributed by atoms with Crippen LogP contribution in [0.4, 0.5) is 4.39 Å². The number of halogens is 2. The van der Waals surface area contributed by atoms with Gasteiger partial charge in [-0.15, -0.1) is 12.4 Å². The molecule has 1 aliphatic heterocycles. The molecular formula is C13H18ClFN2O. The average Bonchev–Trinajstić information content (AvgIpc) is 2.34. The molecule has 100 valence electrons. The Balaban J connectivity index is 0.00000162. The molecule has 0 saturated carbocycles. The minimum Gasteiger partial charge on any atom is -0.348 e. The number of benzene rings is 1. The second-order valence-corrected chi connectivity index (χ2v) is 4.45. The van der Waals surface area contributed by atoms with Crippen LogP contribution in [-0.2, 0) is 0 Å². The minimum atomic E-state index is -0.422. The van der Waals surface area contributed by atoms with Crippen LogP contribution in [0.25, 0.3) is 0 Å². The molecule has 0 spiro atoms. The Morgan fingerprint density at radius 3 is 2.94 bits per heavy atom. The largest absolute Gasteiger partial charge is 0.348 e. The van der Waals surface area contributed by atoms with Crippen molar-refractivity contribution in [1.82, 2.24) is 10.6 Å². The second-order valence-electron chi connectivity index (χ2n) is 4.45. The highest BCUT2D eigenvalue weighted by molar-refractivity contribution is 5.94. The van der Waals surface area contributed by atoms with E-state index in [4.69, 9.17) is 0 Å². The summed E-state index contributed by atoms with van der Waals surface area (Å²) in [6.45, 7) is 3.42. The number of hydrogen-bond donors (Lipinski definition) is 2. The Hall–Kier alpha value is -1.13. The first-order valence-corrected chi connectivity index (χ1v) is 5.95. The Morgan fingerprint density at radius 2 is 2.28 bits per heavy atom. The van der Waals surface area contributed by atoms with Crippen molar-refractivity contribution in [2.24, 2.45) is 0 Å². The fraction of sp³-hybridized carbons (Fsp3) is 0.462. The normalized spacial score (nSPS) is 18.9. The monoisotopic (exact) mass is 272 g/mol. The summed E-state index contributed by atoms with van der Waals surface area (Å²) in [5.41, 5.74) is 0.634. The number of carbonyl (C=O) groups excluding carboxylic acids is 1. The Kier molecular flexibility index (Phi) is 5.56. The van der Waals surface area contributed by atoms with Crippen LogP contribution in [0.5, 0.6) is 0 Å². The standard InChI is InChI=1S/C13H17FN2O.ClH/c1-9-4-2-6-11(12(9)14)13(17)16-10-5-3-7-15-8-10;/h2,4,6,10,15H,3,5,7-8H2,1H3,(H,16,17);1H/t10-;/m1./s1. The van der Waals surface area contributed by atoms with Crippen molar-refractivity contribution in [1.29, 1.82) is 0 Å². The van der Waals surface area contributed by atoms with Crippen LogP contribution >= 0.6 is 12.4 Å². The van der Waals surface area contributed by atoms with Crippen LogP contribution in [0.2, 0.25) is 0 Å². The van der Waals surface area contributed by atoms with Gasteiger partial charge in [0.25, 0.3) is 5.91 Å². The van der Waals surface area contributed by atoms with E-state index in [1.165, 1.54) is 6.07 Å². The molecule has 1 atom stereocenters. The van der Waals surface area contributed by atoms with Crippen molar-refractivity contribution >= 4 is 18.3 Å². The molecule has 1 aromatic rings. The summed E-state index contributed by atoms with van der Waals surface area (Å²) in [6.07, 6.45) is 1.99. The SMILES string of the molecule is Cc1cccc(C(=O)N[C@@H]2CCCNC2)c1F.Cl. The van der Waals surface area contributed by atoms with Crippen molar-refractivity contribution in [3.63, 3.8) is 0 Å². The van der Waals surface area contributed by atoms with E-state index in [1.54, 1.807) is 19.1 Å². The molecule has 1 heterocycles. The minimum absolute atomic E-state index is 0. The van der Waals surface area contributed by atoms with E-state index in [9.17, 15) is 9.18 Å². The maximum absolute atomic E-state index is 13.7. The highest BCUT2D eigenvalue weighted by atomic mass is 35.5. The lowest BCUT2D eigenvalue weighted by Gasteiger charge is -2.23. The van der Waals surface area contributed by atoms with Crippen molar-refractivity contribution < 1.29 is 9.18 Å². The average molecular weight is 273 g/mol. The zero-order valence-corrected chi connectivity index (χ0v) is 11.1. The first-order chi connectivity index (χ1) is 8.18. The number of aryl methyl sites for hydroxylation is 1. The van der Waals surface area contributed by atoms with E-state index in [0.717, 1.165) is 25.9 Å². The van der Waals surface area contributed by atoms with E-state index >= 15 is 0 Å². The summed E-state index contributed by atoms with van der Waals surface area (Å²) in [6, 6.07) is 4.99. The third kappa shape index (κ3) is 3.43. The quantitative estimate of drug-likeness (QED) is 0.865. The lowest BCUT2D eigenvalue weighted by Crippen LogP contribution is -2.45. The molecule has 5 heteroatoms. The number of piperidine rings is 1. The van der Waals surface area contributed by atoms with E-state index in [1.807, 2.05) is 0 Å². The van der Waals surface area contributed by atoms with Gasteiger partial charge in [-0.25, -0.2) is 4.39 Å². The molecular weight excluding hydrogens is 255 g/mol. The fourth-order valence-electron chi connectivity index (χ4n) is 2.06. The van der Waals surface area contributed by atoms with Crippen molar-refractivity contribution in [3.05, 3.63) is 35.1 Å². The topological polar surface area (TPSA) is 41.1 Å². The lowest BCUT2D eigenvalue weighted by atomic mass is 10.1. The maximum atomic E-state index is 13.7. The summed E-state index contributed by atoms with van der Waals surface area (Å²) in [5.74, 6) is -0.742. The number of hydrogen-bond acceptors (Lipinski definition) is 2. The fourth-order valence-corrected chi connectivity index (χ4v) is 2.06. The Morgan fingerprint density at radius 1 is 1.50 bits per heavy atom. The van der Waals surface area contributed by atoms with Gasteiger partial charge in [-0.2, -0.15) is 0 Å². The van der Waals surface area contributed by atoms with Gasteiger partial charge in [0.2, 0.25) is 0 Å². The van der Waals surface area contributed by atoms with Gasteiger partial charge in [-0.3, -0.25) is 4.79 Å². The third-order valence-corrected chi connectivity index (χ3v) is 3.07. The summed E-state index contributed by atoms with van der Waals surface area (Å²) >= 11 is 0. The van der Waals surface area contributed by atoms with E-state index < -0.39 is 5.82 Å². The predicted molar refractivity (Wildman–Crippen MR) is 71.7 cm³/mol. The zero-order valence-electron chi connectivity index (χ0n) is 10.3. The summed E-state index contributed by atoms with van der Waals surface area (Å²) in [4.78, 5) is 11.9. The molecule has 0 bridgehead atoms. The Labute approximate surface area is 113 Å². The number of nitrogens with one attached hydrogen (secondary N) is 2. The molecule has 2 rings (SSSR count). The Bertz CT molecular complexity index is 419. The van der Waals surface area contributed by atoms with Crippen molar-refractivity contribution in [2.45, 2.75) is 25.8 Å². The first kappa shape index (κ1) is 14.9. The van der Waals surface area contributed by atoms with E-state index in [2.05, 4.69) is 10.6 Å². The highest BCUT2D eigenvalue weighted by Crippen LogP contribution is 2.12. The van der Waals surface area contributed by atoms with E-state index in [-0.39, 0.29) is 29.9 Å². The molecule has 1 amide bonds. The predicted octanol–water partition coefficient (Wildman–Crippen LogP) is 2.04.